The van der Waals surface area contributed by atoms with E-state index in [0.29, 0.717) is 19.8 Å². The molecule has 4 heteroatoms. The van der Waals surface area contributed by atoms with Gasteiger partial charge < -0.3 is 20.9 Å². The molecule has 16 heavy (non-hydrogen) atoms. The molecule has 1 unspecified atom stereocenters. The molecular formula is C12H28N2O2. The number of hydrogen-bond acceptors (Lipinski definition) is 4. The van der Waals surface area contributed by atoms with E-state index in [2.05, 4.69) is 0 Å². The van der Waals surface area contributed by atoms with Gasteiger partial charge in [-0.05, 0) is 40.2 Å². The number of nitrogens with two attached hydrogens (primary N) is 2. The zero-order valence-electron chi connectivity index (χ0n) is 11.0. The Morgan fingerprint density at radius 3 is 2.38 bits per heavy atom. The summed E-state index contributed by atoms with van der Waals surface area (Å²) in [6, 6.07) is 0.126. The van der Waals surface area contributed by atoms with Crippen LogP contribution in [0.4, 0.5) is 0 Å². The Morgan fingerprint density at radius 1 is 1.12 bits per heavy atom. The van der Waals surface area contributed by atoms with E-state index < -0.39 is 0 Å². The molecule has 4 N–H and O–H groups in total. The molecule has 0 aliphatic rings. The van der Waals surface area contributed by atoms with Gasteiger partial charge in [-0.2, -0.15) is 0 Å². The molecule has 0 rings (SSSR count). The van der Waals surface area contributed by atoms with Crippen LogP contribution in [-0.2, 0) is 9.47 Å². The van der Waals surface area contributed by atoms with E-state index in [1.165, 1.54) is 0 Å². The molecule has 0 aromatic carbocycles. The highest BCUT2D eigenvalue weighted by atomic mass is 16.5. The second kappa shape index (κ2) is 8.93. The van der Waals surface area contributed by atoms with Crippen molar-refractivity contribution in [1.82, 2.24) is 0 Å². The van der Waals surface area contributed by atoms with Crippen LogP contribution in [0.3, 0.4) is 0 Å². The van der Waals surface area contributed by atoms with E-state index in [9.17, 15) is 0 Å². The first-order chi connectivity index (χ1) is 7.45. The number of rotatable bonds is 9. The van der Waals surface area contributed by atoms with E-state index in [0.717, 1.165) is 25.8 Å². The smallest absolute Gasteiger partial charge is 0.0707 e. The summed E-state index contributed by atoms with van der Waals surface area (Å²) in [4.78, 5) is 0. The SMILES string of the molecule is CC(C)(C)OCCOCC(N)CCCCN. The first-order valence-corrected chi connectivity index (χ1v) is 6.13. The largest absolute Gasteiger partial charge is 0.377 e. The third-order valence-electron chi connectivity index (χ3n) is 2.12. The second-order valence-corrected chi connectivity index (χ2v) is 5.08. The van der Waals surface area contributed by atoms with Crippen LogP contribution >= 0.6 is 0 Å². The Morgan fingerprint density at radius 2 is 1.81 bits per heavy atom. The van der Waals surface area contributed by atoms with Crippen molar-refractivity contribution in [3.8, 4) is 0 Å². The lowest BCUT2D eigenvalue weighted by Gasteiger charge is -2.19. The Kier molecular flexibility index (Phi) is 8.84. The number of hydrogen-bond donors (Lipinski definition) is 2. The van der Waals surface area contributed by atoms with E-state index in [1.54, 1.807) is 0 Å². The van der Waals surface area contributed by atoms with Crippen molar-refractivity contribution in [2.75, 3.05) is 26.4 Å². The van der Waals surface area contributed by atoms with Gasteiger partial charge in [0.2, 0.25) is 0 Å². The highest BCUT2D eigenvalue weighted by Crippen LogP contribution is 2.05. The fourth-order valence-corrected chi connectivity index (χ4v) is 1.28. The molecule has 0 aliphatic heterocycles. The molecule has 0 spiro atoms. The Labute approximate surface area is 99.7 Å². The van der Waals surface area contributed by atoms with Crippen molar-refractivity contribution >= 4 is 0 Å². The van der Waals surface area contributed by atoms with Crippen LogP contribution < -0.4 is 11.5 Å². The Bertz CT molecular complexity index is 158. The molecule has 0 aromatic heterocycles. The third kappa shape index (κ3) is 11.9. The van der Waals surface area contributed by atoms with Crippen molar-refractivity contribution in [1.29, 1.82) is 0 Å². The van der Waals surface area contributed by atoms with Gasteiger partial charge in [-0.15, -0.1) is 0 Å². The molecule has 0 bridgehead atoms. The van der Waals surface area contributed by atoms with Crippen molar-refractivity contribution < 1.29 is 9.47 Å². The molecule has 0 heterocycles. The summed E-state index contributed by atoms with van der Waals surface area (Å²) >= 11 is 0. The van der Waals surface area contributed by atoms with Crippen LogP contribution in [0.15, 0.2) is 0 Å². The zero-order valence-corrected chi connectivity index (χ0v) is 11.0. The monoisotopic (exact) mass is 232 g/mol. The average Bonchev–Trinajstić information content (AvgIpc) is 2.16. The van der Waals surface area contributed by atoms with Crippen molar-refractivity contribution in [3.05, 3.63) is 0 Å². The van der Waals surface area contributed by atoms with Gasteiger partial charge in [0, 0.05) is 6.04 Å². The van der Waals surface area contributed by atoms with Gasteiger partial charge in [-0.25, -0.2) is 0 Å². The van der Waals surface area contributed by atoms with Gasteiger partial charge in [0.05, 0.1) is 25.4 Å². The van der Waals surface area contributed by atoms with E-state index >= 15 is 0 Å². The highest BCUT2D eigenvalue weighted by Gasteiger charge is 2.09. The van der Waals surface area contributed by atoms with Crippen LogP contribution in [0, 0.1) is 0 Å². The number of unbranched alkanes of at least 4 members (excludes halogenated alkanes) is 1. The maximum Gasteiger partial charge on any atom is 0.0707 e. The van der Waals surface area contributed by atoms with Crippen LogP contribution in [0.2, 0.25) is 0 Å². The zero-order chi connectivity index (χ0) is 12.4. The molecule has 1 atom stereocenters. The van der Waals surface area contributed by atoms with Gasteiger partial charge >= 0.3 is 0 Å². The second-order valence-electron chi connectivity index (χ2n) is 5.08. The summed E-state index contributed by atoms with van der Waals surface area (Å²) in [5.41, 5.74) is 11.2. The van der Waals surface area contributed by atoms with Gasteiger partial charge in [0.25, 0.3) is 0 Å². The van der Waals surface area contributed by atoms with Crippen LogP contribution in [0.5, 0.6) is 0 Å². The minimum Gasteiger partial charge on any atom is -0.377 e. The molecule has 0 saturated carbocycles. The Balaban J connectivity index is 3.24. The van der Waals surface area contributed by atoms with Crippen molar-refractivity contribution in [3.63, 3.8) is 0 Å². The first kappa shape index (κ1) is 15.8. The summed E-state index contributed by atoms with van der Waals surface area (Å²) in [6.45, 7) is 8.69. The fourth-order valence-electron chi connectivity index (χ4n) is 1.28. The summed E-state index contributed by atoms with van der Waals surface area (Å²) in [5, 5.41) is 0. The minimum absolute atomic E-state index is 0.0907. The molecule has 0 aromatic rings. The van der Waals surface area contributed by atoms with Gasteiger partial charge in [-0.1, -0.05) is 6.42 Å². The van der Waals surface area contributed by atoms with Gasteiger partial charge in [-0.3, -0.25) is 0 Å². The molecule has 0 radical (unpaired) electrons. The highest BCUT2D eigenvalue weighted by molar-refractivity contribution is 4.61. The molecule has 0 fully saturated rings. The normalized spacial score (nSPS) is 14.1. The van der Waals surface area contributed by atoms with E-state index in [-0.39, 0.29) is 11.6 Å². The molecule has 98 valence electrons. The molecule has 4 nitrogen and oxygen atoms in total. The molecule has 0 saturated heterocycles. The Hall–Kier alpha value is -0.160. The van der Waals surface area contributed by atoms with Gasteiger partial charge in [0.1, 0.15) is 0 Å². The van der Waals surface area contributed by atoms with Crippen LogP contribution in [0.25, 0.3) is 0 Å². The molecular weight excluding hydrogens is 204 g/mol. The lowest BCUT2D eigenvalue weighted by molar-refractivity contribution is -0.0364. The summed E-state index contributed by atoms with van der Waals surface area (Å²) in [5.74, 6) is 0. The van der Waals surface area contributed by atoms with E-state index in [1.807, 2.05) is 20.8 Å². The minimum atomic E-state index is -0.0907. The van der Waals surface area contributed by atoms with Gasteiger partial charge in [0.15, 0.2) is 0 Å². The lowest BCUT2D eigenvalue weighted by atomic mass is 10.1. The molecule has 0 amide bonds. The van der Waals surface area contributed by atoms with E-state index in [4.69, 9.17) is 20.9 Å². The quantitative estimate of drug-likeness (QED) is 0.587. The van der Waals surface area contributed by atoms with Crippen molar-refractivity contribution in [2.24, 2.45) is 11.5 Å². The predicted octanol–water partition coefficient (Wildman–Crippen LogP) is 1.27. The van der Waals surface area contributed by atoms with Crippen molar-refractivity contribution in [2.45, 2.75) is 51.7 Å². The summed E-state index contributed by atoms with van der Waals surface area (Å²) < 4.78 is 11.0. The molecule has 0 aliphatic carbocycles. The number of ether oxygens (including phenoxy) is 2. The maximum atomic E-state index is 5.88. The lowest BCUT2D eigenvalue weighted by Crippen LogP contribution is -2.28. The van der Waals surface area contributed by atoms with Crippen LogP contribution in [0.1, 0.15) is 40.0 Å². The average molecular weight is 232 g/mol. The van der Waals surface area contributed by atoms with Crippen LogP contribution in [-0.4, -0.2) is 38.0 Å². The standard InChI is InChI=1S/C12H28N2O2/c1-12(2,3)16-9-8-15-10-11(14)6-4-5-7-13/h11H,4-10,13-14H2,1-3H3. The summed E-state index contributed by atoms with van der Waals surface area (Å²) in [7, 11) is 0. The topological polar surface area (TPSA) is 70.5 Å². The summed E-state index contributed by atoms with van der Waals surface area (Å²) in [6.07, 6.45) is 3.11. The first-order valence-electron chi connectivity index (χ1n) is 6.13. The fraction of sp³-hybridized carbons (Fsp3) is 1.00. The third-order valence-corrected chi connectivity index (χ3v) is 2.12. The maximum absolute atomic E-state index is 5.88. The predicted molar refractivity (Wildman–Crippen MR) is 67.4 cm³/mol.